The molecule has 2 rings (SSSR count). The van der Waals surface area contributed by atoms with Crippen LogP contribution in [0.15, 0.2) is 30.3 Å². The fraction of sp³-hybridized carbons (Fsp3) is 0.333. The van der Waals surface area contributed by atoms with Crippen molar-refractivity contribution in [1.29, 1.82) is 0 Å². The molecule has 0 atom stereocenters. The number of anilines is 2. The van der Waals surface area contributed by atoms with Gasteiger partial charge in [0, 0.05) is 12.2 Å². The van der Waals surface area contributed by atoms with Gasteiger partial charge in [0.25, 0.3) is 0 Å². The van der Waals surface area contributed by atoms with Crippen molar-refractivity contribution < 1.29 is 13.2 Å². The average Bonchev–Trinajstić information content (AvgIpc) is 2.90. The number of para-hydroxylation sites is 1. The van der Waals surface area contributed by atoms with Gasteiger partial charge in [-0.2, -0.15) is 13.2 Å². The second kappa shape index (κ2) is 6.19. The highest BCUT2D eigenvalue weighted by atomic mass is 32.1. The van der Waals surface area contributed by atoms with E-state index in [0.29, 0.717) is 30.8 Å². The molecule has 0 saturated heterocycles. The minimum atomic E-state index is -4.47. The van der Waals surface area contributed by atoms with Crippen molar-refractivity contribution in [3.05, 3.63) is 35.3 Å². The smallest absolute Gasteiger partial charge is 0.330 e. The van der Waals surface area contributed by atoms with Crippen molar-refractivity contribution in [2.24, 2.45) is 5.73 Å². The number of aromatic nitrogens is 2. The number of alkyl halides is 3. The fourth-order valence-electron chi connectivity index (χ4n) is 1.63. The highest BCUT2D eigenvalue weighted by Gasteiger charge is 2.36. The van der Waals surface area contributed by atoms with Crippen molar-refractivity contribution in [3.8, 4) is 0 Å². The molecular formula is C12H13F3N4S. The van der Waals surface area contributed by atoms with Crippen LogP contribution in [0.1, 0.15) is 11.4 Å². The van der Waals surface area contributed by atoms with E-state index in [2.05, 4.69) is 10.2 Å². The number of halogens is 3. The first-order valence-electron chi connectivity index (χ1n) is 5.95. The quantitative estimate of drug-likeness (QED) is 0.922. The van der Waals surface area contributed by atoms with E-state index in [1.807, 2.05) is 30.3 Å². The Balaban J connectivity index is 2.29. The molecule has 20 heavy (non-hydrogen) atoms. The van der Waals surface area contributed by atoms with E-state index in [1.54, 1.807) is 4.90 Å². The lowest BCUT2D eigenvalue weighted by Crippen LogP contribution is -2.20. The molecule has 0 radical (unpaired) electrons. The van der Waals surface area contributed by atoms with Crippen LogP contribution in [0, 0.1) is 0 Å². The zero-order valence-electron chi connectivity index (χ0n) is 10.5. The Morgan fingerprint density at radius 3 is 2.40 bits per heavy atom. The highest BCUT2D eigenvalue weighted by Crippen LogP contribution is 2.36. The molecule has 0 aliphatic heterocycles. The summed E-state index contributed by atoms with van der Waals surface area (Å²) in [7, 11) is 0. The minimum absolute atomic E-state index is 0.219. The highest BCUT2D eigenvalue weighted by molar-refractivity contribution is 7.15. The van der Waals surface area contributed by atoms with Gasteiger partial charge in [-0.25, -0.2) is 0 Å². The lowest BCUT2D eigenvalue weighted by atomic mass is 10.3. The van der Waals surface area contributed by atoms with E-state index in [-0.39, 0.29) is 5.13 Å². The summed E-state index contributed by atoms with van der Waals surface area (Å²) in [5, 5.41) is 6.13. The van der Waals surface area contributed by atoms with Crippen LogP contribution in [-0.4, -0.2) is 23.3 Å². The first-order valence-corrected chi connectivity index (χ1v) is 6.77. The van der Waals surface area contributed by atoms with Crippen LogP contribution in [0.4, 0.5) is 24.0 Å². The van der Waals surface area contributed by atoms with Gasteiger partial charge >= 0.3 is 6.18 Å². The third kappa shape index (κ3) is 3.45. The van der Waals surface area contributed by atoms with Gasteiger partial charge in [-0.1, -0.05) is 29.5 Å². The first kappa shape index (κ1) is 14.7. The first-order chi connectivity index (χ1) is 9.52. The number of hydrogen-bond donors (Lipinski definition) is 1. The summed E-state index contributed by atoms with van der Waals surface area (Å²) < 4.78 is 37.8. The molecule has 0 bridgehead atoms. The fourth-order valence-corrected chi connectivity index (χ4v) is 2.39. The Labute approximate surface area is 118 Å². The zero-order chi connectivity index (χ0) is 14.6. The van der Waals surface area contributed by atoms with Gasteiger partial charge in [-0.05, 0) is 25.1 Å². The Kier molecular flexibility index (Phi) is 4.56. The number of hydrogen-bond acceptors (Lipinski definition) is 5. The van der Waals surface area contributed by atoms with Gasteiger partial charge < -0.3 is 10.6 Å². The van der Waals surface area contributed by atoms with Gasteiger partial charge in [-0.15, -0.1) is 10.2 Å². The molecule has 0 aliphatic carbocycles. The van der Waals surface area contributed by atoms with E-state index < -0.39 is 11.2 Å². The Morgan fingerprint density at radius 1 is 1.15 bits per heavy atom. The monoisotopic (exact) mass is 302 g/mol. The van der Waals surface area contributed by atoms with Gasteiger partial charge in [0.2, 0.25) is 10.1 Å². The maximum Gasteiger partial charge on any atom is 0.445 e. The molecule has 1 heterocycles. The standard InChI is InChI=1S/C12H13F3N4S/c13-12(14,15)10-17-18-11(20-10)19(8-4-7-16)9-5-2-1-3-6-9/h1-3,5-6H,4,7-8,16H2. The van der Waals surface area contributed by atoms with Gasteiger partial charge in [-0.3, -0.25) is 0 Å². The van der Waals surface area contributed by atoms with Crippen molar-refractivity contribution >= 4 is 22.2 Å². The van der Waals surface area contributed by atoms with Crippen LogP contribution < -0.4 is 10.6 Å². The van der Waals surface area contributed by atoms with E-state index in [0.717, 1.165) is 5.69 Å². The molecule has 0 aliphatic rings. The second-order valence-corrected chi connectivity index (χ2v) is 4.97. The van der Waals surface area contributed by atoms with Crippen LogP contribution in [0.3, 0.4) is 0 Å². The SMILES string of the molecule is NCCCN(c1ccccc1)c1nnc(C(F)(F)F)s1. The molecule has 0 unspecified atom stereocenters. The summed E-state index contributed by atoms with van der Waals surface area (Å²) >= 11 is 0.531. The molecule has 4 nitrogen and oxygen atoms in total. The molecule has 0 spiro atoms. The molecule has 0 amide bonds. The molecule has 2 aromatic rings. The molecule has 1 aromatic heterocycles. The summed E-state index contributed by atoms with van der Waals surface area (Å²) in [6.07, 6.45) is -3.82. The average molecular weight is 302 g/mol. The molecule has 108 valence electrons. The predicted molar refractivity (Wildman–Crippen MR) is 72.0 cm³/mol. The number of benzene rings is 1. The Morgan fingerprint density at radius 2 is 1.85 bits per heavy atom. The summed E-state index contributed by atoms with van der Waals surface area (Å²) in [5.74, 6) is 0. The summed E-state index contributed by atoms with van der Waals surface area (Å²) in [4.78, 5) is 1.69. The van der Waals surface area contributed by atoms with Gasteiger partial charge in [0.05, 0.1) is 0 Å². The Hall–Kier alpha value is -1.67. The predicted octanol–water partition coefficient (Wildman–Crippen LogP) is 3.04. The second-order valence-electron chi connectivity index (χ2n) is 4.02. The van der Waals surface area contributed by atoms with E-state index in [4.69, 9.17) is 5.73 Å². The van der Waals surface area contributed by atoms with Gasteiger partial charge in [0.15, 0.2) is 0 Å². The maximum absolute atomic E-state index is 12.6. The van der Waals surface area contributed by atoms with Crippen molar-refractivity contribution in [2.45, 2.75) is 12.6 Å². The lowest BCUT2D eigenvalue weighted by Gasteiger charge is -2.20. The van der Waals surface area contributed by atoms with Crippen LogP contribution in [0.25, 0.3) is 0 Å². The third-order valence-corrected chi connectivity index (χ3v) is 3.53. The molecule has 1 aromatic carbocycles. The van der Waals surface area contributed by atoms with Crippen molar-refractivity contribution in [2.75, 3.05) is 18.0 Å². The minimum Gasteiger partial charge on any atom is -0.330 e. The van der Waals surface area contributed by atoms with Crippen molar-refractivity contribution in [3.63, 3.8) is 0 Å². The summed E-state index contributed by atoms with van der Waals surface area (Å²) in [5.41, 5.74) is 6.24. The largest absolute Gasteiger partial charge is 0.445 e. The van der Waals surface area contributed by atoms with E-state index >= 15 is 0 Å². The topological polar surface area (TPSA) is 55.0 Å². The normalized spacial score (nSPS) is 11.6. The Bertz CT molecular complexity index is 541. The molecule has 2 N–H and O–H groups in total. The molecular weight excluding hydrogens is 289 g/mol. The van der Waals surface area contributed by atoms with Crippen LogP contribution >= 0.6 is 11.3 Å². The molecule has 8 heteroatoms. The third-order valence-electron chi connectivity index (χ3n) is 2.54. The van der Waals surface area contributed by atoms with E-state index in [1.165, 1.54) is 0 Å². The maximum atomic E-state index is 12.6. The summed E-state index contributed by atoms with van der Waals surface area (Å²) in [6, 6.07) is 9.09. The summed E-state index contributed by atoms with van der Waals surface area (Å²) in [6.45, 7) is 0.946. The molecule has 0 saturated carbocycles. The number of rotatable bonds is 5. The van der Waals surface area contributed by atoms with Crippen LogP contribution in [0.2, 0.25) is 0 Å². The molecule has 0 fully saturated rings. The van der Waals surface area contributed by atoms with E-state index in [9.17, 15) is 13.2 Å². The van der Waals surface area contributed by atoms with Gasteiger partial charge in [0.1, 0.15) is 0 Å². The van der Waals surface area contributed by atoms with Crippen LogP contribution in [0.5, 0.6) is 0 Å². The number of nitrogens with two attached hydrogens (primary N) is 1. The zero-order valence-corrected chi connectivity index (χ0v) is 11.3. The van der Waals surface area contributed by atoms with Crippen LogP contribution in [-0.2, 0) is 6.18 Å². The van der Waals surface area contributed by atoms with Crippen molar-refractivity contribution in [1.82, 2.24) is 10.2 Å². The lowest BCUT2D eigenvalue weighted by molar-refractivity contribution is -0.138. The number of nitrogens with zero attached hydrogens (tertiary/aromatic N) is 3.